The van der Waals surface area contributed by atoms with Crippen LogP contribution in [-0.2, 0) is 10.0 Å². The number of fused-ring (bicyclic) bond motifs is 1. The Bertz CT molecular complexity index is 1010. The van der Waals surface area contributed by atoms with E-state index >= 15 is 0 Å². The van der Waals surface area contributed by atoms with Gasteiger partial charge in [-0.15, -0.1) is 0 Å². The highest BCUT2D eigenvalue weighted by molar-refractivity contribution is 7.89. The van der Waals surface area contributed by atoms with Gasteiger partial charge in [0.2, 0.25) is 10.0 Å². The first-order valence-electron chi connectivity index (χ1n) is 8.57. The largest absolute Gasteiger partial charge is 0.353 e. The smallest absolute Gasteiger partial charge is 0.213 e. The van der Waals surface area contributed by atoms with Crippen molar-refractivity contribution in [2.24, 2.45) is 0 Å². The highest BCUT2D eigenvalue weighted by Crippen LogP contribution is 2.25. The zero-order valence-corrected chi connectivity index (χ0v) is 15.3. The van der Waals surface area contributed by atoms with Crippen LogP contribution in [0.3, 0.4) is 0 Å². The van der Waals surface area contributed by atoms with Crippen LogP contribution >= 0.6 is 0 Å². The average molecular weight is 372 g/mol. The fourth-order valence-corrected chi connectivity index (χ4v) is 4.29. The molecule has 1 saturated heterocycles. The van der Waals surface area contributed by atoms with Crippen molar-refractivity contribution in [3.8, 4) is 5.69 Å². The van der Waals surface area contributed by atoms with Crippen LogP contribution in [0.5, 0.6) is 0 Å². The molecular formula is C17H20N6O2S. The second kappa shape index (κ2) is 6.65. The molecule has 9 heteroatoms. The van der Waals surface area contributed by atoms with Crippen LogP contribution in [0.4, 0.5) is 5.82 Å². The van der Waals surface area contributed by atoms with Crippen LogP contribution in [0.2, 0.25) is 0 Å². The summed E-state index contributed by atoms with van der Waals surface area (Å²) in [5.41, 5.74) is 1.68. The Balaban J connectivity index is 1.64. The normalized spacial score (nSPS) is 16.3. The average Bonchev–Trinajstić information content (AvgIpc) is 3.13. The van der Waals surface area contributed by atoms with Gasteiger partial charge >= 0.3 is 0 Å². The molecule has 2 aromatic heterocycles. The predicted molar refractivity (Wildman–Crippen MR) is 99.9 cm³/mol. The van der Waals surface area contributed by atoms with E-state index in [9.17, 15) is 8.42 Å². The van der Waals surface area contributed by atoms with E-state index in [2.05, 4.69) is 20.0 Å². The van der Waals surface area contributed by atoms with Crippen LogP contribution in [-0.4, -0.2) is 64.4 Å². The van der Waals surface area contributed by atoms with E-state index < -0.39 is 10.0 Å². The number of hydrogen-bond acceptors (Lipinski definition) is 6. The van der Waals surface area contributed by atoms with Crippen LogP contribution in [0, 0.1) is 0 Å². The molecular weight excluding hydrogens is 352 g/mol. The molecule has 3 heterocycles. The minimum absolute atomic E-state index is 0.134. The number of rotatable bonds is 4. The lowest BCUT2D eigenvalue weighted by atomic mass is 10.3. The second-order valence-corrected chi connectivity index (χ2v) is 8.37. The van der Waals surface area contributed by atoms with Gasteiger partial charge in [0.15, 0.2) is 5.65 Å². The number of sulfonamides is 1. The quantitative estimate of drug-likeness (QED) is 0.686. The Morgan fingerprint density at radius 3 is 2.46 bits per heavy atom. The Morgan fingerprint density at radius 2 is 1.77 bits per heavy atom. The van der Waals surface area contributed by atoms with Gasteiger partial charge in [0.1, 0.15) is 12.1 Å². The van der Waals surface area contributed by atoms with Crippen molar-refractivity contribution in [2.75, 3.05) is 36.8 Å². The minimum Gasteiger partial charge on any atom is -0.353 e. The Hall–Kier alpha value is -2.52. The van der Waals surface area contributed by atoms with E-state index in [0.29, 0.717) is 26.2 Å². The lowest BCUT2D eigenvalue weighted by Gasteiger charge is -2.34. The first-order chi connectivity index (χ1) is 12.6. The van der Waals surface area contributed by atoms with Gasteiger partial charge in [-0.05, 0) is 19.1 Å². The van der Waals surface area contributed by atoms with E-state index in [0.717, 1.165) is 22.5 Å². The number of benzene rings is 1. The third kappa shape index (κ3) is 2.93. The Kier molecular flexibility index (Phi) is 4.33. The molecule has 136 valence electrons. The third-order valence-corrected chi connectivity index (χ3v) is 6.52. The van der Waals surface area contributed by atoms with Crippen LogP contribution in [0.15, 0.2) is 42.9 Å². The van der Waals surface area contributed by atoms with Gasteiger partial charge in [0.25, 0.3) is 0 Å². The third-order valence-electron chi connectivity index (χ3n) is 4.64. The summed E-state index contributed by atoms with van der Waals surface area (Å²) in [5, 5.41) is 5.33. The van der Waals surface area contributed by atoms with Crippen molar-refractivity contribution in [3.05, 3.63) is 42.9 Å². The molecule has 1 aliphatic heterocycles. The molecule has 0 aliphatic carbocycles. The van der Waals surface area contributed by atoms with Crippen molar-refractivity contribution < 1.29 is 8.42 Å². The summed E-state index contributed by atoms with van der Waals surface area (Å²) < 4.78 is 27.4. The van der Waals surface area contributed by atoms with Crippen molar-refractivity contribution in [1.29, 1.82) is 0 Å². The van der Waals surface area contributed by atoms with Crippen molar-refractivity contribution in [1.82, 2.24) is 24.1 Å². The Labute approximate surface area is 152 Å². The molecule has 3 aromatic rings. The summed E-state index contributed by atoms with van der Waals surface area (Å²) in [5.74, 6) is 0.931. The summed E-state index contributed by atoms with van der Waals surface area (Å²) in [6, 6.07) is 9.82. The van der Waals surface area contributed by atoms with Crippen LogP contribution in [0.25, 0.3) is 16.7 Å². The molecule has 0 amide bonds. The number of anilines is 1. The summed E-state index contributed by atoms with van der Waals surface area (Å²) in [6.07, 6.45) is 3.31. The summed E-state index contributed by atoms with van der Waals surface area (Å²) in [7, 11) is -3.14. The maximum Gasteiger partial charge on any atom is 0.213 e. The zero-order valence-electron chi connectivity index (χ0n) is 14.5. The molecule has 0 radical (unpaired) electrons. The predicted octanol–water partition coefficient (Wildman–Crippen LogP) is 1.29. The van der Waals surface area contributed by atoms with Crippen molar-refractivity contribution in [2.45, 2.75) is 6.92 Å². The van der Waals surface area contributed by atoms with E-state index in [1.54, 1.807) is 22.1 Å². The van der Waals surface area contributed by atoms with Gasteiger partial charge in [0, 0.05) is 26.2 Å². The molecule has 4 rings (SSSR count). The van der Waals surface area contributed by atoms with Crippen LogP contribution < -0.4 is 4.90 Å². The molecule has 1 aliphatic rings. The number of hydrogen-bond donors (Lipinski definition) is 0. The first kappa shape index (κ1) is 16.9. The maximum atomic E-state index is 12.0. The molecule has 0 saturated carbocycles. The number of piperazine rings is 1. The zero-order chi connectivity index (χ0) is 18.1. The fourth-order valence-electron chi connectivity index (χ4n) is 3.20. The lowest BCUT2D eigenvalue weighted by Crippen LogP contribution is -2.49. The standard InChI is InChI=1S/C17H20N6O2S/c1-2-26(24,25)22-10-8-21(9-11-22)16-15-12-20-23(17(15)19-13-18-16)14-6-4-3-5-7-14/h3-7,12-13H,2,8-11H2,1H3. The molecule has 0 unspecified atom stereocenters. The monoisotopic (exact) mass is 372 g/mol. The molecule has 26 heavy (non-hydrogen) atoms. The van der Waals surface area contributed by atoms with Gasteiger partial charge < -0.3 is 4.90 Å². The second-order valence-electron chi connectivity index (χ2n) is 6.11. The van der Waals surface area contributed by atoms with Gasteiger partial charge in [-0.1, -0.05) is 18.2 Å². The minimum atomic E-state index is -3.14. The molecule has 0 spiro atoms. The van der Waals surface area contributed by atoms with E-state index in [1.807, 2.05) is 30.3 Å². The molecule has 0 bridgehead atoms. The number of nitrogens with zero attached hydrogens (tertiary/aromatic N) is 6. The maximum absolute atomic E-state index is 12.0. The molecule has 0 atom stereocenters. The fraction of sp³-hybridized carbons (Fsp3) is 0.353. The summed E-state index contributed by atoms with van der Waals surface area (Å²) in [6.45, 7) is 3.81. The van der Waals surface area contributed by atoms with E-state index in [4.69, 9.17) is 0 Å². The first-order valence-corrected chi connectivity index (χ1v) is 10.2. The Morgan fingerprint density at radius 1 is 1.04 bits per heavy atom. The van der Waals surface area contributed by atoms with E-state index in [1.165, 1.54) is 6.33 Å². The molecule has 8 nitrogen and oxygen atoms in total. The highest BCUT2D eigenvalue weighted by atomic mass is 32.2. The van der Waals surface area contributed by atoms with Crippen molar-refractivity contribution in [3.63, 3.8) is 0 Å². The molecule has 1 aromatic carbocycles. The topological polar surface area (TPSA) is 84.2 Å². The molecule has 1 fully saturated rings. The SMILES string of the molecule is CCS(=O)(=O)N1CCN(c2ncnc3c2cnn3-c2ccccc2)CC1. The number of para-hydroxylation sites is 1. The van der Waals surface area contributed by atoms with E-state index in [-0.39, 0.29) is 5.75 Å². The molecule has 0 N–H and O–H groups in total. The number of aromatic nitrogens is 4. The van der Waals surface area contributed by atoms with Gasteiger partial charge in [-0.2, -0.15) is 9.40 Å². The lowest BCUT2D eigenvalue weighted by molar-refractivity contribution is 0.385. The van der Waals surface area contributed by atoms with Crippen LogP contribution in [0.1, 0.15) is 6.92 Å². The summed E-state index contributed by atoms with van der Waals surface area (Å²) in [4.78, 5) is 10.9. The van der Waals surface area contributed by atoms with Crippen molar-refractivity contribution >= 4 is 26.9 Å². The summed E-state index contributed by atoms with van der Waals surface area (Å²) >= 11 is 0. The van der Waals surface area contributed by atoms with Gasteiger partial charge in [-0.25, -0.2) is 23.1 Å². The van der Waals surface area contributed by atoms with Gasteiger partial charge in [0.05, 0.1) is 23.0 Å². The van der Waals surface area contributed by atoms with Gasteiger partial charge in [-0.3, -0.25) is 0 Å². The highest BCUT2D eigenvalue weighted by Gasteiger charge is 2.27.